The average molecular weight is 284 g/mol. The predicted octanol–water partition coefficient (Wildman–Crippen LogP) is 1.40. The Bertz CT molecular complexity index is 486. The van der Waals surface area contributed by atoms with Crippen molar-refractivity contribution in [1.82, 2.24) is 4.90 Å². The molecule has 5 heteroatoms. The van der Waals surface area contributed by atoms with Crippen molar-refractivity contribution in [2.24, 2.45) is 5.73 Å². The third-order valence-electron chi connectivity index (χ3n) is 3.34. The van der Waals surface area contributed by atoms with Crippen LogP contribution in [0.15, 0.2) is 24.3 Å². The Morgan fingerprint density at radius 1 is 1.16 bits per heavy atom. The monoisotopic (exact) mass is 284 g/mol. The number of benzene rings is 1. The second-order valence-corrected chi connectivity index (χ2v) is 7.05. The molecule has 0 saturated heterocycles. The molecule has 4 nitrogen and oxygen atoms in total. The maximum absolute atomic E-state index is 11.5. The van der Waals surface area contributed by atoms with Gasteiger partial charge in [0.25, 0.3) is 0 Å². The summed E-state index contributed by atoms with van der Waals surface area (Å²) in [5.74, 6) is 0.437. The Hall–Kier alpha value is -0.910. The molecule has 1 aromatic rings. The van der Waals surface area contributed by atoms with Crippen molar-refractivity contribution >= 4 is 9.84 Å². The molecule has 0 unspecified atom stereocenters. The first kappa shape index (κ1) is 16.1. The van der Waals surface area contributed by atoms with Gasteiger partial charge in [0.05, 0.1) is 5.75 Å². The molecule has 0 radical (unpaired) electrons. The predicted molar refractivity (Wildman–Crippen MR) is 79.6 cm³/mol. The third kappa shape index (κ3) is 5.30. The SMILES string of the molecule is CCN(CCS(=O)(=O)CC)Cc1ccccc1CN. The Morgan fingerprint density at radius 3 is 2.32 bits per heavy atom. The van der Waals surface area contributed by atoms with Crippen LogP contribution in [0.3, 0.4) is 0 Å². The molecule has 2 N–H and O–H groups in total. The molecule has 0 spiro atoms. The zero-order valence-corrected chi connectivity index (χ0v) is 12.6. The quantitative estimate of drug-likeness (QED) is 0.784. The summed E-state index contributed by atoms with van der Waals surface area (Å²) in [5, 5.41) is 0. The highest BCUT2D eigenvalue weighted by atomic mass is 32.2. The third-order valence-corrected chi connectivity index (χ3v) is 5.02. The van der Waals surface area contributed by atoms with Crippen LogP contribution in [0.2, 0.25) is 0 Å². The van der Waals surface area contributed by atoms with Gasteiger partial charge in [0, 0.05) is 25.4 Å². The van der Waals surface area contributed by atoms with Crippen LogP contribution in [0.25, 0.3) is 0 Å². The van der Waals surface area contributed by atoms with Crippen molar-refractivity contribution < 1.29 is 8.42 Å². The standard InChI is InChI=1S/C14H24N2O2S/c1-3-16(9-10-19(17,18)4-2)12-14-8-6-5-7-13(14)11-15/h5-8H,3-4,9-12,15H2,1-2H3. The second-order valence-electron chi connectivity index (χ2n) is 4.58. The van der Waals surface area contributed by atoms with E-state index in [-0.39, 0.29) is 11.5 Å². The molecule has 19 heavy (non-hydrogen) atoms. The van der Waals surface area contributed by atoms with Crippen molar-refractivity contribution in [3.8, 4) is 0 Å². The van der Waals surface area contributed by atoms with Crippen LogP contribution >= 0.6 is 0 Å². The molecule has 0 amide bonds. The fourth-order valence-corrected chi connectivity index (χ4v) is 2.74. The van der Waals surface area contributed by atoms with E-state index >= 15 is 0 Å². The largest absolute Gasteiger partial charge is 0.326 e. The van der Waals surface area contributed by atoms with Gasteiger partial charge in [-0.25, -0.2) is 8.42 Å². The number of rotatable bonds is 8. The first-order chi connectivity index (χ1) is 9.02. The van der Waals surface area contributed by atoms with Crippen molar-refractivity contribution in [1.29, 1.82) is 0 Å². The fraction of sp³-hybridized carbons (Fsp3) is 0.571. The molecular weight excluding hydrogens is 260 g/mol. The minimum Gasteiger partial charge on any atom is -0.326 e. The van der Waals surface area contributed by atoms with Crippen molar-refractivity contribution in [2.75, 3.05) is 24.6 Å². The summed E-state index contributed by atoms with van der Waals surface area (Å²) in [6, 6.07) is 8.04. The van der Waals surface area contributed by atoms with Crippen LogP contribution in [0, 0.1) is 0 Å². The summed E-state index contributed by atoms with van der Waals surface area (Å²) in [6.45, 7) is 6.41. The van der Waals surface area contributed by atoms with Crippen LogP contribution in [-0.2, 0) is 22.9 Å². The highest BCUT2D eigenvalue weighted by molar-refractivity contribution is 7.91. The number of hydrogen-bond donors (Lipinski definition) is 1. The summed E-state index contributed by atoms with van der Waals surface area (Å²) in [6.07, 6.45) is 0. The Kier molecular flexibility index (Phi) is 6.48. The van der Waals surface area contributed by atoms with E-state index in [4.69, 9.17) is 5.73 Å². The first-order valence-electron chi connectivity index (χ1n) is 6.72. The van der Waals surface area contributed by atoms with E-state index in [1.807, 2.05) is 25.1 Å². The lowest BCUT2D eigenvalue weighted by Gasteiger charge is -2.21. The van der Waals surface area contributed by atoms with Crippen LogP contribution < -0.4 is 5.73 Å². The van der Waals surface area contributed by atoms with Gasteiger partial charge in [-0.1, -0.05) is 38.1 Å². The lowest BCUT2D eigenvalue weighted by Crippen LogP contribution is -2.30. The van der Waals surface area contributed by atoms with E-state index < -0.39 is 9.84 Å². The molecule has 108 valence electrons. The molecule has 1 rings (SSSR count). The maximum Gasteiger partial charge on any atom is 0.151 e. The van der Waals surface area contributed by atoms with E-state index in [0.29, 0.717) is 13.1 Å². The molecule has 0 aliphatic rings. The molecule has 1 aromatic carbocycles. The van der Waals surface area contributed by atoms with Gasteiger partial charge >= 0.3 is 0 Å². The molecular formula is C14H24N2O2S. The zero-order chi connectivity index (χ0) is 14.3. The maximum atomic E-state index is 11.5. The van der Waals surface area contributed by atoms with Gasteiger partial charge in [0.2, 0.25) is 0 Å². The van der Waals surface area contributed by atoms with Crippen molar-refractivity contribution in [3.63, 3.8) is 0 Å². The van der Waals surface area contributed by atoms with E-state index in [2.05, 4.69) is 11.0 Å². The van der Waals surface area contributed by atoms with Crippen LogP contribution in [0.1, 0.15) is 25.0 Å². The second kappa shape index (κ2) is 7.62. The minimum absolute atomic E-state index is 0.212. The summed E-state index contributed by atoms with van der Waals surface area (Å²) in [7, 11) is -2.90. The summed E-state index contributed by atoms with van der Waals surface area (Å²) >= 11 is 0. The molecule has 0 aromatic heterocycles. The van der Waals surface area contributed by atoms with Crippen molar-refractivity contribution in [3.05, 3.63) is 35.4 Å². The lowest BCUT2D eigenvalue weighted by atomic mass is 10.1. The van der Waals surface area contributed by atoms with Gasteiger partial charge in [0.1, 0.15) is 0 Å². The number of sulfone groups is 1. The minimum atomic E-state index is -2.90. The molecule has 0 aliphatic carbocycles. The van der Waals surface area contributed by atoms with Crippen LogP contribution in [0.4, 0.5) is 0 Å². The summed E-state index contributed by atoms with van der Waals surface area (Å²) < 4.78 is 23.1. The van der Waals surface area contributed by atoms with Gasteiger partial charge in [-0.2, -0.15) is 0 Å². The Morgan fingerprint density at radius 2 is 1.79 bits per heavy atom. The molecule has 0 saturated carbocycles. The molecule has 0 aliphatic heterocycles. The van der Waals surface area contributed by atoms with Gasteiger partial charge in [0.15, 0.2) is 9.84 Å². The molecule has 0 atom stereocenters. The van der Waals surface area contributed by atoms with E-state index in [0.717, 1.165) is 18.7 Å². The fourth-order valence-electron chi connectivity index (χ4n) is 1.91. The summed E-state index contributed by atoms with van der Waals surface area (Å²) in [4.78, 5) is 2.14. The Labute approximate surface area is 116 Å². The highest BCUT2D eigenvalue weighted by Gasteiger charge is 2.12. The summed E-state index contributed by atoms with van der Waals surface area (Å²) in [5.41, 5.74) is 8.02. The first-order valence-corrected chi connectivity index (χ1v) is 8.54. The zero-order valence-electron chi connectivity index (χ0n) is 11.8. The smallest absolute Gasteiger partial charge is 0.151 e. The van der Waals surface area contributed by atoms with Gasteiger partial charge in [-0.15, -0.1) is 0 Å². The number of nitrogens with two attached hydrogens (primary N) is 1. The number of nitrogens with zero attached hydrogens (tertiary/aromatic N) is 1. The molecule has 0 bridgehead atoms. The number of hydrogen-bond acceptors (Lipinski definition) is 4. The average Bonchev–Trinajstić information content (AvgIpc) is 2.43. The van der Waals surface area contributed by atoms with Crippen LogP contribution in [0.5, 0.6) is 0 Å². The van der Waals surface area contributed by atoms with Gasteiger partial charge in [-0.05, 0) is 17.7 Å². The lowest BCUT2D eigenvalue weighted by molar-refractivity contribution is 0.295. The topological polar surface area (TPSA) is 63.4 Å². The normalized spacial score (nSPS) is 12.0. The van der Waals surface area contributed by atoms with E-state index in [1.54, 1.807) is 6.92 Å². The molecule has 0 fully saturated rings. The van der Waals surface area contributed by atoms with Crippen molar-refractivity contribution in [2.45, 2.75) is 26.9 Å². The highest BCUT2D eigenvalue weighted by Crippen LogP contribution is 2.11. The van der Waals surface area contributed by atoms with Gasteiger partial charge in [-0.3, -0.25) is 4.90 Å². The molecule has 0 heterocycles. The Balaban J connectivity index is 2.66. The van der Waals surface area contributed by atoms with E-state index in [1.165, 1.54) is 5.56 Å². The van der Waals surface area contributed by atoms with Gasteiger partial charge < -0.3 is 5.73 Å². The van der Waals surface area contributed by atoms with Crippen LogP contribution in [-0.4, -0.2) is 37.9 Å². The van der Waals surface area contributed by atoms with E-state index in [9.17, 15) is 8.42 Å².